The van der Waals surface area contributed by atoms with Crippen molar-refractivity contribution in [3.63, 3.8) is 0 Å². The Balaban J connectivity index is 2.24. The third kappa shape index (κ3) is 2.17. The van der Waals surface area contributed by atoms with Crippen LogP contribution >= 0.6 is 0 Å². The van der Waals surface area contributed by atoms with Crippen molar-refractivity contribution in [2.75, 3.05) is 11.1 Å². The molecule has 2 rings (SSSR count). The zero-order chi connectivity index (χ0) is 13.3. The van der Waals surface area contributed by atoms with Gasteiger partial charge in [0, 0.05) is 12.7 Å². The van der Waals surface area contributed by atoms with Crippen molar-refractivity contribution >= 4 is 17.3 Å². The quantitative estimate of drug-likeness (QED) is 0.794. The zero-order valence-corrected chi connectivity index (χ0v) is 10.1. The van der Waals surface area contributed by atoms with Gasteiger partial charge in [0.1, 0.15) is 5.82 Å². The van der Waals surface area contributed by atoms with Gasteiger partial charge in [-0.2, -0.15) is 5.10 Å². The largest absolute Gasteiger partial charge is 0.397 e. The molecule has 3 N–H and O–H groups in total. The molecule has 0 saturated carbocycles. The Morgan fingerprint density at radius 3 is 2.78 bits per heavy atom. The van der Waals surface area contributed by atoms with Gasteiger partial charge in [-0.25, -0.2) is 4.39 Å². The Labute approximate surface area is 103 Å². The molecular formula is C12H13FN4O. The lowest BCUT2D eigenvalue weighted by molar-refractivity contribution is 0.102. The van der Waals surface area contributed by atoms with E-state index in [0.29, 0.717) is 11.3 Å². The second-order valence-corrected chi connectivity index (χ2v) is 3.95. The predicted molar refractivity (Wildman–Crippen MR) is 66.7 cm³/mol. The number of hydrogen-bond donors (Lipinski definition) is 2. The van der Waals surface area contributed by atoms with Gasteiger partial charge in [0.05, 0.1) is 23.1 Å². The number of anilines is 2. The van der Waals surface area contributed by atoms with Crippen LogP contribution in [0.5, 0.6) is 0 Å². The smallest absolute Gasteiger partial charge is 0.259 e. The summed E-state index contributed by atoms with van der Waals surface area (Å²) in [4.78, 5) is 12.0. The molecule has 1 aromatic carbocycles. The van der Waals surface area contributed by atoms with Crippen LogP contribution in [0.15, 0.2) is 24.4 Å². The molecule has 0 aliphatic carbocycles. The fourth-order valence-corrected chi connectivity index (χ4v) is 1.56. The number of carbonyl (C=O) groups excluding carboxylic acids is 1. The van der Waals surface area contributed by atoms with Gasteiger partial charge in [-0.15, -0.1) is 0 Å². The molecule has 94 valence electrons. The van der Waals surface area contributed by atoms with Gasteiger partial charge < -0.3 is 11.1 Å². The summed E-state index contributed by atoms with van der Waals surface area (Å²) in [6.07, 6.45) is 1.48. The minimum atomic E-state index is -0.442. The zero-order valence-electron chi connectivity index (χ0n) is 10.1. The van der Waals surface area contributed by atoms with Crippen molar-refractivity contribution in [1.29, 1.82) is 0 Å². The van der Waals surface area contributed by atoms with E-state index < -0.39 is 5.82 Å². The van der Waals surface area contributed by atoms with E-state index >= 15 is 0 Å². The summed E-state index contributed by atoms with van der Waals surface area (Å²) < 4.78 is 14.5. The van der Waals surface area contributed by atoms with Gasteiger partial charge in [0.15, 0.2) is 0 Å². The number of nitrogens with zero attached hydrogens (tertiary/aromatic N) is 2. The third-order valence-corrected chi connectivity index (χ3v) is 2.74. The average Bonchev–Trinajstić information content (AvgIpc) is 2.64. The molecule has 1 amide bonds. The van der Waals surface area contributed by atoms with E-state index in [0.717, 1.165) is 11.8 Å². The van der Waals surface area contributed by atoms with Crippen LogP contribution in [-0.4, -0.2) is 15.7 Å². The van der Waals surface area contributed by atoms with Crippen LogP contribution in [0.2, 0.25) is 0 Å². The number of halogens is 1. The summed E-state index contributed by atoms with van der Waals surface area (Å²) in [5, 5.41) is 6.60. The summed E-state index contributed by atoms with van der Waals surface area (Å²) in [7, 11) is 1.75. The molecule has 0 spiro atoms. The van der Waals surface area contributed by atoms with E-state index in [-0.39, 0.29) is 11.6 Å². The Hall–Kier alpha value is -2.37. The van der Waals surface area contributed by atoms with Crippen molar-refractivity contribution in [3.8, 4) is 0 Å². The number of amides is 1. The summed E-state index contributed by atoms with van der Waals surface area (Å²) in [5.74, 6) is -0.762. The Bertz CT molecular complexity index is 606. The van der Waals surface area contributed by atoms with Gasteiger partial charge in [-0.05, 0) is 25.1 Å². The average molecular weight is 248 g/mol. The van der Waals surface area contributed by atoms with E-state index in [1.54, 1.807) is 18.7 Å². The highest BCUT2D eigenvalue weighted by Gasteiger charge is 2.14. The van der Waals surface area contributed by atoms with Crippen LogP contribution < -0.4 is 11.1 Å². The first kappa shape index (κ1) is 12.1. The summed E-state index contributed by atoms with van der Waals surface area (Å²) in [6, 6.07) is 3.82. The minimum Gasteiger partial charge on any atom is -0.397 e. The lowest BCUT2D eigenvalue weighted by atomic mass is 10.2. The second-order valence-electron chi connectivity index (χ2n) is 3.95. The fraction of sp³-hybridized carbons (Fsp3) is 0.167. The van der Waals surface area contributed by atoms with Crippen molar-refractivity contribution in [3.05, 3.63) is 41.5 Å². The number of nitrogens with two attached hydrogens (primary N) is 1. The van der Waals surface area contributed by atoms with Crippen molar-refractivity contribution in [2.24, 2.45) is 7.05 Å². The van der Waals surface area contributed by atoms with E-state index in [4.69, 9.17) is 5.73 Å². The number of benzene rings is 1. The molecule has 0 saturated heterocycles. The molecule has 0 unspecified atom stereocenters. The van der Waals surface area contributed by atoms with Gasteiger partial charge in [-0.1, -0.05) is 0 Å². The van der Waals surface area contributed by atoms with Crippen LogP contribution in [0, 0.1) is 12.7 Å². The van der Waals surface area contributed by atoms with Crippen LogP contribution in [0.1, 0.15) is 16.1 Å². The molecule has 1 heterocycles. The normalized spacial score (nSPS) is 10.4. The molecule has 0 aliphatic rings. The first-order valence-electron chi connectivity index (χ1n) is 5.34. The van der Waals surface area contributed by atoms with Crippen molar-refractivity contribution < 1.29 is 9.18 Å². The highest BCUT2D eigenvalue weighted by atomic mass is 19.1. The number of aromatic nitrogens is 2. The van der Waals surface area contributed by atoms with Crippen LogP contribution in [0.4, 0.5) is 15.8 Å². The SMILES string of the molecule is Cc1c(C(=O)Nc2ccc(F)cc2N)cnn1C. The van der Waals surface area contributed by atoms with Crippen LogP contribution in [0.25, 0.3) is 0 Å². The molecular weight excluding hydrogens is 235 g/mol. The maximum absolute atomic E-state index is 12.9. The monoisotopic (exact) mass is 248 g/mol. The summed E-state index contributed by atoms with van der Waals surface area (Å²) >= 11 is 0. The van der Waals surface area contributed by atoms with E-state index in [2.05, 4.69) is 10.4 Å². The summed E-state index contributed by atoms with van der Waals surface area (Å²) in [5.41, 5.74) is 7.38. The maximum atomic E-state index is 12.9. The number of aryl methyl sites for hydroxylation is 1. The molecule has 0 bridgehead atoms. The Morgan fingerprint density at radius 2 is 2.22 bits per heavy atom. The maximum Gasteiger partial charge on any atom is 0.259 e. The molecule has 2 aromatic rings. The molecule has 0 aliphatic heterocycles. The van der Waals surface area contributed by atoms with Crippen molar-refractivity contribution in [2.45, 2.75) is 6.92 Å². The molecule has 5 nitrogen and oxygen atoms in total. The molecule has 0 atom stereocenters. The number of hydrogen-bond acceptors (Lipinski definition) is 3. The van der Waals surface area contributed by atoms with Gasteiger partial charge >= 0.3 is 0 Å². The standard InChI is InChI=1S/C12H13FN4O/c1-7-9(6-15-17(7)2)12(18)16-11-4-3-8(13)5-10(11)14/h3-6H,14H2,1-2H3,(H,16,18). The van der Waals surface area contributed by atoms with Gasteiger partial charge in [0.2, 0.25) is 0 Å². The highest BCUT2D eigenvalue weighted by Crippen LogP contribution is 2.20. The lowest BCUT2D eigenvalue weighted by Gasteiger charge is -2.07. The minimum absolute atomic E-state index is 0.185. The predicted octanol–water partition coefficient (Wildman–Crippen LogP) is 1.70. The van der Waals surface area contributed by atoms with Crippen molar-refractivity contribution in [1.82, 2.24) is 9.78 Å². The van der Waals surface area contributed by atoms with Gasteiger partial charge in [-0.3, -0.25) is 9.48 Å². The van der Waals surface area contributed by atoms with Crippen LogP contribution in [0.3, 0.4) is 0 Å². The lowest BCUT2D eigenvalue weighted by Crippen LogP contribution is -2.14. The Kier molecular flexibility index (Phi) is 3.01. The molecule has 0 fully saturated rings. The topological polar surface area (TPSA) is 72.9 Å². The van der Waals surface area contributed by atoms with E-state index in [1.807, 2.05) is 0 Å². The molecule has 6 heteroatoms. The number of rotatable bonds is 2. The number of nitrogen functional groups attached to an aromatic ring is 1. The summed E-state index contributed by atoms with van der Waals surface area (Å²) in [6.45, 7) is 1.79. The first-order chi connectivity index (χ1) is 8.49. The number of nitrogens with one attached hydrogen (secondary N) is 1. The fourth-order valence-electron chi connectivity index (χ4n) is 1.56. The molecule has 18 heavy (non-hydrogen) atoms. The van der Waals surface area contributed by atoms with E-state index in [9.17, 15) is 9.18 Å². The number of carbonyl (C=O) groups is 1. The first-order valence-corrected chi connectivity index (χ1v) is 5.34. The van der Waals surface area contributed by atoms with E-state index in [1.165, 1.54) is 18.3 Å². The molecule has 1 aromatic heterocycles. The Morgan fingerprint density at radius 1 is 1.50 bits per heavy atom. The van der Waals surface area contributed by atoms with Gasteiger partial charge in [0.25, 0.3) is 5.91 Å². The third-order valence-electron chi connectivity index (χ3n) is 2.74. The second kappa shape index (κ2) is 4.48. The highest BCUT2D eigenvalue weighted by molar-refractivity contribution is 6.06. The van der Waals surface area contributed by atoms with Crippen LogP contribution in [-0.2, 0) is 7.05 Å². The molecule has 0 radical (unpaired) electrons.